The molecular weight excluding hydrogens is 470 g/mol. The van der Waals surface area contributed by atoms with Crippen LogP contribution in [0.25, 0.3) is 22.2 Å². The van der Waals surface area contributed by atoms with Gasteiger partial charge in [-0.2, -0.15) is 0 Å². The van der Waals surface area contributed by atoms with Gasteiger partial charge in [0.1, 0.15) is 5.69 Å². The van der Waals surface area contributed by atoms with Crippen molar-refractivity contribution in [3.63, 3.8) is 0 Å². The van der Waals surface area contributed by atoms with Crippen LogP contribution in [0.1, 0.15) is 13.8 Å². The number of nitrogens with one attached hydrogen (secondary N) is 3. The Balaban J connectivity index is 1.37. The van der Waals surface area contributed by atoms with E-state index in [-0.39, 0.29) is 11.9 Å². The number of ether oxygens (including phenoxy) is 1. The minimum absolute atomic E-state index is 0.0148. The van der Waals surface area contributed by atoms with E-state index >= 15 is 0 Å². The van der Waals surface area contributed by atoms with Crippen LogP contribution >= 0.6 is 0 Å². The van der Waals surface area contributed by atoms with Gasteiger partial charge in [0, 0.05) is 56.1 Å². The molecule has 0 aliphatic carbocycles. The molecule has 4 heterocycles. The molecule has 3 N–H and O–H groups in total. The molecule has 1 aliphatic rings. The number of anilines is 3. The van der Waals surface area contributed by atoms with Gasteiger partial charge in [-0.3, -0.25) is 14.4 Å². The quantitative estimate of drug-likeness (QED) is 0.352. The maximum atomic E-state index is 13.2. The van der Waals surface area contributed by atoms with Gasteiger partial charge in [-0.05, 0) is 33.0 Å². The van der Waals surface area contributed by atoms with E-state index in [4.69, 9.17) is 9.72 Å². The monoisotopic (exact) mass is 503 g/mol. The Morgan fingerprint density at radius 1 is 1.22 bits per heavy atom. The number of likely N-dealkylation sites (N-methyl/N-ethyl adjacent to an activating group) is 1. The van der Waals surface area contributed by atoms with E-state index in [9.17, 15) is 4.79 Å². The number of aryl methyl sites for hydroxylation is 1. The van der Waals surface area contributed by atoms with Gasteiger partial charge in [0.2, 0.25) is 11.9 Å². The Kier molecular flexibility index (Phi) is 6.81. The number of fused-ring (bicyclic) bond motifs is 1. The number of benzene rings is 1. The highest BCUT2D eigenvalue weighted by Gasteiger charge is 2.29. The maximum Gasteiger partial charge on any atom is 0.256 e. The van der Waals surface area contributed by atoms with Gasteiger partial charge in [0.15, 0.2) is 0 Å². The molecule has 11 nitrogen and oxygen atoms in total. The fourth-order valence-corrected chi connectivity index (χ4v) is 4.98. The zero-order valence-corrected chi connectivity index (χ0v) is 21.8. The number of rotatable bonds is 7. The van der Waals surface area contributed by atoms with E-state index in [1.165, 1.54) is 0 Å². The lowest BCUT2D eigenvalue weighted by Gasteiger charge is -2.41. The third-order valence-corrected chi connectivity index (χ3v) is 6.90. The van der Waals surface area contributed by atoms with Crippen molar-refractivity contribution in [2.75, 3.05) is 44.4 Å². The third kappa shape index (κ3) is 5.00. The number of carbonyl (C=O) groups excluding carboxylic acids is 1. The molecule has 1 amide bonds. The first-order valence-corrected chi connectivity index (χ1v) is 12.4. The van der Waals surface area contributed by atoms with E-state index in [2.05, 4.69) is 49.5 Å². The van der Waals surface area contributed by atoms with Crippen LogP contribution in [0.3, 0.4) is 0 Å². The molecule has 0 spiro atoms. The largest absolute Gasteiger partial charge is 0.478 e. The molecule has 1 aromatic carbocycles. The number of para-hydroxylation sites is 1. The van der Waals surface area contributed by atoms with Crippen LogP contribution in [-0.2, 0) is 11.8 Å². The lowest BCUT2D eigenvalue weighted by Crippen LogP contribution is -2.56. The molecule has 1 aliphatic heterocycles. The first kappa shape index (κ1) is 24.7. The van der Waals surface area contributed by atoms with Gasteiger partial charge in [0.25, 0.3) is 5.88 Å². The van der Waals surface area contributed by atoms with E-state index in [0.29, 0.717) is 23.6 Å². The van der Waals surface area contributed by atoms with Crippen molar-refractivity contribution in [3.8, 4) is 17.1 Å². The van der Waals surface area contributed by atoms with Gasteiger partial charge >= 0.3 is 0 Å². The second-order valence-electron chi connectivity index (χ2n) is 9.56. The van der Waals surface area contributed by atoms with E-state index in [0.717, 1.165) is 47.5 Å². The number of aromatic nitrogens is 5. The summed E-state index contributed by atoms with van der Waals surface area (Å²) in [5.41, 5.74) is 3.93. The summed E-state index contributed by atoms with van der Waals surface area (Å²) in [5, 5.41) is 11.5. The molecule has 0 radical (unpaired) electrons. The predicted molar refractivity (Wildman–Crippen MR) is 144 cm³/mol. The van der Waals surface area contributed by atoms with Crippen molar-refractivity contribution in [1.29, 1.82) is 0 Å². The summed E-state index contributed by atoms with van der Waals surface area (Å²) in [6.07, 6.45) is 5.42. The van der Waals surface area contributed by atoms with Crippen molar-refractivity contribution in [3.05, 3.63) is 42.9 Å². The number of carbonyl (C=O) groups is 1. The molecule has 194 valence electrons. The molecule has 1 fully saturated rings. The third-order valence-electron chi connectivity index (χ3n) is 6.90. The van der Waals surface area contributed by atoms with Gasteiger partial charge in [-0.15, -0.1) is 5.10 Å². The number of aromatic amines is 1. The van der Waals surface area contributed by atoms with Crippen molar-refractivity contribution in [2.45, 2.75) is 25.9 Å². The highest BCUT2D eigenvalue weighted by Crippen LogP contribution is 2.32. The molecule has 2 atom stereocenters. The molecule has 0 bridgehead atoms. The molecule has 37 heavy (non-hydrogen) atoms. The highest BCUT2D eigenvalue weighted by molar-refractivity contribution is 6.06. The highest BCUT2D eigenvalue weighted by atomic mass is 16.5. The summed E-state index contributed by atoms with van der Waals surface area (Å²) in [5.74, 6) is 0.876. The molecule has 3 aromatic heterocycles. The number of hydrogen-bond donors (Lipinski definition) is 3. The number of nitrogens with zero attached hydrogens (tertiary/aromatic N) is 6. The molecular formula is C26H33N9O2. The van der Waals surface area contributed by atoms with Gasteiger partial charge in [-0.25, -0.2) is 9.97 Å². The molecule has 5 rings (SSSR count). The summed E-state index contributed by atoms with van der Waals surface area (Å²) in [7, 11) is 5.51. The molecule has 4 aromatic rings. The Bertz CT molecular complexity index is 1410. The zero-order chi connectivity index (χ0) is 26.1. The van der Waals surface area contributed by atoms with Crippen LogP contribution in [0.2, 0.25) is 0 Å². The SMILES string of the molecule is COc1nn(C)cc1Nc1nccc(-c2c[nH]c3c(NC(=O)C(C)N4CCN(C)C[C@@H]4C)cccc23)n1. The lowest BCUT2D eigenvalue weighted by atomic mass is 10.1. The van der Waals surface area contributed by atoms with Crippen molar-refractivity contribution in [1.82, 2.24) is 34.5 Å². The van der Waals surface area contributed by atoms with Crippen molar-refractivity contribution < 1.29 is 9.53 Å². The second-order valence-corrected chi connectivity index (χ2v) is 9.56. The van der Waals surface area contributed by atoms with E-state index in [1.807, 2.05) is 44.4 Å². The zero-order valence-electron chi connectivity index (χ0n) is 21.8. The average Bonchev–Trinajstić information content (AvgIpc) is 3.47. The first-order chi connectivity index (χ1) is 17.8. The van der Waals surface area contributed by atoms with Crippen LogP contribution in [0, 0.1) is 0 Å². The minimum atomic E-state index is -0.228. The number of amides is 1. The fraction of sp³-hybridized carbons (Fsp3) is 0.385. The van der Waals surface area contributed by atoms with Crippen molar-refractivity contribution in [2.24, 2.45) is 7.05 Å². The van der Waals surface area contributed by atoms with E-state index < -0.39 is 0 Å². The Morgan fingerprint density at radius 2 is 2.05 bits per heavy atom. The first-order valence-electron chi connectivity index (χ1n) is 12.4. The summed E-state index contributed by atoms with van der Waals surface area (Å²) in [6.45, 7) is 6.94. The lowest BCUT2D eigenvalue weighted by molar-refractivity contribution is -0.122. The summed E-state index contributed by atoms with van der Waals surface area (Å²) < 4.78 is 6.97. The summed E-state index contributed by atoms with van der Waals surface area (Å²) in [6, 6.07) is 7.83. The van der Waals surface area contributed by atoms with E-state index in [1.54, 1.807) is 24.2 Å². The molecule has 0 saturated carbocycles. The topological polar surface area (TPSA) is 116 Å². The fourth-order valence-electron chi connectivity index (χ4n) is 4.98. The van der Waals surface area contributed by atoms with Crippen molar-refractivity contribution >= 4 is 34.1 Å². The van der Waals surface area contributed by atoms with Crippen LogP contribution in [-0.4, -0.2) is 86.3 Å². The summed E-state index contributed by atoms with van der Waals surface area (Å²) in [4.78, 5) is 30.2. The number of methoxy groups -OCH3 is 1. The Morgan fingerprint density at radius 3 is 2.84 bits per heavy atom. The Labute approximate surface area is 215 Å². The van der Waals surface area contributed by atoms with Crippen LogP contribution in [0.15, 0.2) is 42.9 Å². The minimum Gasteiger partial charge on any atom is -0.478 e. The standard InChI is InChI=1S/C26H33N9O2/c1-16-14-33(3)11-12-35(16)17(2)24(36)29-21-8-6-7-18-19(13-28-23(18)21)20-9-10-27-26(30-20)31-22-15-34(4)32-25(22)37-5/h6-10,13,15-17,28H,11-12,14H2,1-5H3,(H,29,36)(H,27,30,31)/t16-,17?/m0/s1. The van der Waals surface area contributed by atoms with Crippen LogP contribution in [0.4, 0.5) is 17.3 Å². The molecule has 1 unspecified atom stereocenters. The van der Waals surface area contributed by atoms with Gasteiger partial charge in [0.05, 0.1) is 36.2 Å². The Hall–Kier alpha value is -3.96. The van der Waals surface area contributed by atoms with Crippen LogP contribution in [0.5, 0.6) is 5.88 Å². The molecule has 1 saturated heterocycles. The smallest absolute Gasteiger partial charge is 0.256 e. The maximum absolute atomic E-state index is 13.2. The second kappa shape index (κ2) is 10.2. The average molecular weight is 504 g/mol. The van der Waals surface area contributed by atoms with Gasteiger partial charge < -0.3 is 25.3 Å². The van der Waals surface area contributed by atoms with Crippen LogP contribution < -0.4 is 15.4 Å². The van der Waals surface area contributed by atoms with Gasteiger partial charge in [-0.1, -0.05) is 12.1 Å². The molecule has 11 heteroatoms. The number of hydrogen-bond acceptors (Lipinski definition) is 8. The summed E-state index contributed by atoms with van der Waals surface area (Å²) >= 11 is 0. The normalized spacial score (nSPS) is 17.6. The number of H-pyrrole nitrogens is 1. The predicted octanol–water partition coefficient (Wildman–Crippen LogP) is 3.07. The number of piperazine rings is 1.